The van der Waals surface area contributed by atoms with Gasteiger partial charge in [-0.2, -0.15) is 0 Å². The molecule has 1 aromatic rings. The monoisotopic (exact) mass is 299 g/mol. The molecule has 5 heteroatoms. The molecule has 0 saturated heterocycles. The number of benzene rings is 1. The maximum Gasteiger partial charge on any atom is 0.215 e. The number of phenolic OH excluding ortho intramolecular Hbond substituents is 1. The van der Waals surface area contributed by atoms with Crippen molar-refractivity contribution in [3.63, 3.8) is 0 Å². The van der Waals surface area contributed by atoms with Gasteiger partial charge in [0.05, 0.1) is 5.75 Å². The Morgan fingerprint density at radius 3 is 2.40 bits per heavy atom. The van der Waals surface area contributed by atoms with Crippen molar-refractivity contribution in [3.8, 4) is 5.75 Å². The van der Waals surface area contributed by atoms with Crippen LogP contribution in [-0.4, -0.2) is 20.1 Å². The molecule has 0 spiro atoms. The van der Waals surface area contributed by atoms with E-state index in [9.17, 15) is 13.5 Å². The van der Waals surface area contributed by atoms with Gasteiger partial charge in [0.15, 0.2) is 0 Å². The van der Waals surface area contributed by atoms with Crippen LogP contribution < -0.4 is 4.72 Å². The molecule has 4 nitrogen and oxygen atoms in total. The third-order valence-corrected chi connectivity index (χ3v) is 4.52. The fourth-order valence-electron chi connectivity index (χ4n) is 2.02. The number of phenols is 1. The highest BCUT2D eigenvalue weighted by Gasteiger charge is 2.13. The van der Waals surface area contributed by atoms with Gasteiger partial charge in [-0.15, -0.1) is 0 Å². The first kappa shape index (κ1) is 17.0. The molecule has 0 atom stereocenters. The number of hydrogen-bond donors (Lipinski definition) is 2. The summed E-state index contributed by atoms with van der Waals surface area (Å²) in [5.74, 6) is -0.146. The molecule has 0 aromatic heterocycles. The first-order valence-corrected chi connectivity index (χ1v) is 8.94. The Balaban J connectivity index is 2.27. The van der Waals surface area contributed by atoms with Gasteiger partial charge in [-0.1, -0.05) is 57.2 Å². The normalized spacial score (nSPS) is 11.7. The quantitative estimate of drug-likeness (QED) is 0.652. The van der Waals surface area contributed by atoms with Gasteiger partial charge in [0, 0.05) is 12.1 Å². The van der Waals surface area contributed by atoms with Crippen LogP contribution in [0.25, 0.3) is 0 Å². The molecule has 20 heavy (non-hydrogen) atoms. The summed E-state index contributed by atoms with van der Waals surface area (Å²) in [5.41, 5.74) is 0.433. The molecule has 0 heterocycles. The Morgan fingerprint density at radius 1 is 1.05 bits per heavy atom. The largest absolute Gasteiger partial charge is 0.508 e. The minimum Gasteiger partial charge on any atom is -0.508 e. The minimum atomic E-state index is -3.36. The highest BCUT2D eigenvalue weighted by atomic mass is 32.2. The Bertz CT molecular complexity index is 486. The van der Waals surface area contributed by atoms with Gasteiger partial charge in [-0.3, -0.25) is 0 Å². The summed E-state index contributed by atoms with van der Waals surface area (Å²) in [6.45, 7) is 2.65. The molecule has 0 saturated carbocycles. The van der Waals surface area contributed by atoms with Crippen LogP contribution in [0.5, 0.6) is 5.75 Å². The fraction of sp³-hybridized carbons (Fsp3) is 0.600. The number of rotatable bonds is 10. The first-order chi connectivity index (χ1) is 9.55. The molecule has 114 valence electrons. The Morgan fingerprint density at radius 2 is 1.70 bits per heavy atom. The number of hydrogen-bond acceptors (Lipinski definition) is 3. The zero-order valence-electron chi connectivity index (χ0n) is 12.1. The van der Waals surface area contributed by atoms with Gasteiger partial charge in [-0.05, 0) is 12.5 Å². The van der Waals surface area contributed by atoms with Crippen molar-refractivity contribution in [1.82, 2.24) is 4.72 Å². The van der Waals surface area contributed by atoms with Gasteiger partial charge in [0.25, 0.3) is 0 Å². The van der Waals surface area contributed by atoms with E-state index in [-0.39, 0.29) is 11.5 Å². The van der Waals surface area contributed by atoms with E-state index in [1.165, 1.54) is 25.3 Å². The average molecular weight is 299 g/mol. The molecule has 0 fully saturated rings. The van der Waals surface area contributed by atoms with Crippen LogP contribution >= 0.6 is 0 Å². The predicted octanol–water partition coefficient (Wildman–Crippen LogP) is 3.17. The van der Waals surface area contributed by atoms with Crippen molar-refractivity contribution in [2.45, 2.75) is 51.2 Å². The highest BCUT2D eigenvalue weighted by molar-refractivity contribution is 7.88. The van der Waals surface area contributed by atoms with Gasteiger partial charge in [0.2, 0.25) is 10.0 Å². The molecule has 0 aliphatic carbocycles. The maximum absolute atomic E-state index is 11.9. The molecule has 0 unspecified atom stereocenters. The lowest BCUT2D eigenvalue weighted by atomic mass is 10.1. The van der Waals surface area contributed by atoms with Crippen molar-refractivity contribution in [3.05, 3.63) is 29.8 Å². The van der Waals surface area contributed by atoms with Crippen molar-refractivity contribution < 1.29 is 13.5 Å². The van der Waals surface area contributed by atoms with E-state index in [1.54, 1.807) is 18.2 Å². The molecule has 0 aliphatic rings. The summed E-state index contributed by atoms with van der Waals surface area (Å²) >= 11 is 0. The van der Waals surface area contributed by atoms with Crippen LogP contribution in [0.2, 0.25) is 0 Å². The Kier molecular flexibility index (Phi) is 7.62. The van der Waals surface area contributed by atoms with Crippen molar-refractivity contribution in [2.24, 2.45) is 0 Å². The van der Waals surface area contributed by atoms with Crippen LogP contribution in [0.1, 0.15) is 51.0 Å². The fourth-order valence-corrected chi connectivity index (χ4v) is 3.23. The number of nitrogens with one attached hydrogen (secondary N) is 1. The standard InChI is InChI=1S/C15H25NO3S/c1-2-3-4-5-6-9-12-16-20(18,19)13-14-10-7-8-11-15(14)17/h7-8,10-11,16-17H,2-6,9,12-13H2,1H3. The second-order valence-electron chi connectivity index (χ2n) is 5.05. The second kappa shape index (κ2) is 8.97. The van der Waals surface area contributed by atoms with E-state index in [4.69, 9.17) is 0 Å². The van der Waals surface area contributed by atoms with E-state index < -0.39 is 10.0 Å². The third-order valence-electron chi connectivity index (χ3n) is 3.19. The molecule has 2 N–H and O–H groups in total. The van der Waals surface area contributed by atoms with E-state index >= 15 is 0 Å². The Labute approximate surface area is 122 Å². The molecule has 1 rings (SSSR count). The van der Waals surface area contributed by atoms with E-state index in [1.807, 2.05) is 0 Å². The molecular formula is C15H25NO3S. The van der Waals surface area contributed by atoms with Gasteiger partial charge < -0.3 is 5.11 Å². The first-order valence-electron chi connectivity index (χ1n) is 7.29. The van der Waals surface area contributed by atoms with Crippen LogP contribution in [0, 0.1) is 0 Å². The van der Waals surface area contributed by atoms with Crippen molar-refractivity contribution in [2.75, 3.05) is 6.54 Å². The predicted molar refractivity (Wildman–Crippen MR) is 82.1 cm³/mol. The van der Waals surface area contributed by atoms with Crippen molar-refractivity contribution in [1.29, 1.82) is 0 Å². The summed E-state index contributed by atoms with van der Waals surface area (Å²) in [4.78, 5) is 0. The summed E-state index contributed by atoms with van der Waals surface area (Å²) in [5, 5.41) is 9.57. The summed E-state index contributed by atoms with van der Waals surface area (Å²) in [7, 11) is -3.36. The summed E-state index contributed by atoms with van der Waals surface area (Å²) in [6.07, 6.45) is 6.77. The lowest BCUT2D eigenvalue weighted by Crippen LogP contribution is -2.26. The minimum absolute atomic E-state index is 0.0254. The molecule has 0 bridgehead atoms. The lowest BCUT2D eigenvalue weighted by Gasteiger charge is -2.08. The average Bonchev–Trinajstić information content (AvgIpc) is 2.40. The summed E-state index contributed by atoms with van der Waals surface area (Å²) < 4.78 is 26.3. The highest BCUT2D eigenvalue weighted by Crippen LogP contribution is 2.17. The Hall–Kier alpha value is -1.07. The van der Waals surface area contributed by atoms with E-state index in [0.717, 1.165) is 19.3 Å². The van der Waals surface area contributed by atoms with Crippen LogP contribution in [0.3, 0.4) is 0 Å². The second-order valence-corrected chi connectivity index (χ2v) is 6.86. The third kappa shape index (κ3) is 6.91. The number of para-hydroxylation sites is 1. The number of unbranched alkanes of at least 4 members (excludes halogenated alkanes) is 5. The molecule has 0 amide bonds. The molecular weight excluding hydrogens is 274 g/mol. The van der Waals surface area contributed by atoms with E-state index in [2.05, 4.69) is 11.6 Å². The van der Waals surface area contributed by atoms with E-state index in [0.29, 0.717) is 12.1 Å². The zero-order valence-corrected chi connectivity index (χ0v) is 13.0. The topological polar surface area (TPSA) is 66.4 Å². The van der Waals surface area contributed by atoms with Crippen LogP contribution in [0.4, 0.5) is 0 Å². The van der Waals surface area contributed by atoms with Crippen LogP contribution in [0.15, 0.2) is 24.3 Å². The molecule has 0 radical (unpaired) electrons. The van der Waals surface area contributed by atoms with Gasteiger partial charge in [0.1, 0.15) is 5.75 Å². The number of sulfonamides is 1. The molecule has 1 aromatic carbocycles. The van der Waals surface area contributed by atoms with Crippen LogP contribution in [-0.2, 0) is 15.8 Å². The summed E-state index contributed by atoms with van der Waals surface area (Å²) in [6, 6.07) is 6.52. The van der Waals surface area contributed by atoms with Gasteiger partial charge >= 0.3 is 0 Å². The van der Waals surface area contributed by atoms with Crippen molar-refractivity contribution >= 4 is 10.0 Å². The van der Waals surface area contributed by atoms with Gasteiger partial charge in [-0.25, -0.2) is 13.1 Å². The molecule has 0 aliphatic heterocycles. The SMILES string of the molecule is CCCCCCCCNS(=O)(=O)Cc1ccccc1O. The maximum atomic E-state index is 11.9. The zero-order chi connectivity index (χ0) is 14.8. The smallest absolute Gasteiger partial charge is 0.215 e. The lowest BCUT2D eigenvalue weighted by molar-refractivity contribution is 0.469. The number of aromatic hydroxyl groups is 1.